The zero-order chi connectivity index (χ0) is 18.8. The van der Waals surface area contributed by atoms with Crippen molar-refractivity contribution in [3.63, 3.8) is 0 Å². The van der Waals surface area contributed by atoms with Gasteiger partial charge in [-0.1, -0.05) is 0 Å². The topological polar surface area (TPSA) is 99.9 Å². The molecule has 1 aliphatic heterocycles. The minimum absolute atomic E-state index is 0.0401. The molecule has 1 aromatic rings. The Morgan fingerprint density at radius 1 is 1.31 bits per heavy atom. The van der Waals surface area contributed by atoms with E-state index in [0.717, 1.165) is 44.5 Å². The highest BCUT2D eigenvalue weighted by atomic mass is 16.5. The molecule has 0 aliphatic carbocycles. The quantitative estimate of drug-likeness (QED) is 0.334. The zero-order valence-corrected chi connectivity index (χ0v) is 15.9. The number of rotatable bonds is 8. The molecule has 0 saturated carbocycles. The predicted molar refractivity (Wildman–Crippen MR) is 98.7 cm³/mol. The summed E-state index contributed by atoms with van der Waals surface area (Å²) in [6.45, 7) is 8.16. The molecule has 1 fully saturated rings. The molecule has 26 heavy (non-hydrogen) atoms. The fraction of sp³-hybridized carbons (Fsp3) is 0.750. The van der Waals surface area contributed by atoms with Gasteiger partial charge in [0.25, 0.3) is 0 Å². The maximum atomic E-state index is 11.9. The average molecular weight is 366 g/mol. The molecule has 0 spiro atoms. The molecule has 1 saturated heterocycles. The average Bonchev–Trinajstić information content (AvgIpc) is 3.04. The molecule has 0 unspecified atom stereocenters. The van der Waals surface area contributed by atoms with Gasteiger partial charge in [-0.3, -0.25) is 14.4 Å². The number of carbonyl (C=O) groups is 1. The van der Waals surface area contributed by atoms with Gasteiger partial charge in [-0.25, -0.2) is 9.98 Å². The highest BCUT2D eigenvalue weighted by molar-refractivity contribution is 5.80. The Labute approximate surface area is 154 Å². The molecule has 1 aliphatic rings. The van der Waals surface area contributed by atoms with E-state index in [9.17, 15) is 4.79 Å². The molecule has 10 nitrogen and oxygen atoms in total. The van der Waals surface area contributed by atoms with Crippen LogP contribution in [0.2, 0.25) is 0 Å². The smallest absolute Gasteiger partial charge is 0.234 e. The van der Waals surface area contributed by atoms with Crippen LogP contribution in [0.4, 0.5) is 0 Å². The van der Waals surface area contributed by atoms with Crippen molar-refractivity contribution in [1.82, 2.24) is 35.2 Å². The van der Waals surface area contributed by atoms with Gasteiger partial charge in [0.15, 0.2) is 5.96 Å². The summed E-state index contributed by atoms with van der Waals surface area (Å²) < 4.78 is 6.67. The van der Waals surface area contributed by atoms with Crippen LogP contribution in [0.3, 0.4) is 0 Å². The number of aliphatic imine (C=N–C) groups is 1. The van der Waals surface area contributed by atoms with Crippen molar-refractivity contribution in [3.8, 4) is 0 Å². The lowest BCUT2D eigenvalue weighted by Crippen LogP contribution is -2.54. The maximum Gasteiger partial charge on any atom is 0.234 e. The van der Waals surface area contributed by atoms with Crippen molar-refractivity contribution in [1.29, 1.82) is 0 Å². The second-order valence-corrected chi connectivity index (χ2v) is 6.08. The Balaban J connectivity index is 1.81. The van der Waals surface area contributed by atoms with Crippen molar-refractivity contribution in [3.05, 3.63) is 12.2 Å². The van der Waals surface area contributed by atoms with Crippen molar-refractivity contribution >= 4 is 11.9 Å². The summed E-state index contributed by atoms with van der Waals surface area (Å²) in [6.07, 6.45) is 1.54. The summed E-state index contributed by atoms with van der Waals surface area (Å²) >= 11 is 0. The summed E-state index contributed by atoms with van der Waals surface area (Å²) in [4.78, 5) is 25.2. The lowest BCUT2D eigenvalue weighted by atomic mass is 10.3. The normalized spacial score (nSPS) is 16.0. The van der Waals surface area contributed by atoms with Gasteiger partial charge in [-0.15, -0.1) is 0 Å². The molecule has 0 aromatic carbocycles. The van der Waals surface area contributed by atoms with E-state index in [4.69, 9.17) is 4.74 Å². The Morgan fingerprint density at radius 3 is 2.69 bits per heavy atom. The number of amides is 1. The molecular formula is C16H30N8O2. The molecule has 1 amide bonds. The van der Waals surface area contributed by atoms with Crippen LogP contribution in [-0.2, 0) is 23.1 Å². The molecule has 2 rings (SSSR count). The number of nitrogens with one attached hydrogen (secondary N) is 2. The summed E-state index contributed by atoms with van der Waals surface area (Å²) in [5.41, 5.74) is 0. The highest BCUT2D eigenvalue weighted by Gasteiger charge is 2.21. The third kappa shape index (κ3) is 6.26. The fourth-order valence-corrected chi connectivity index (χ4v) is 2.70. The van der Waals surface area contributed by atoms with E-state index in [1.807, 2.05) is 7.05 Å². The number of carbonyl (C=O) groups excluding carboxylic acids is 1. The number of aryl methyl sites for hydroxylation is 1. The van der Waals surface area contributed by atoms with Gasteiger partial charge in [0.05, 0.1) is 13.2 Å². The zero-order valence-electron chi connectivity index (χ0n) is 15.9. The Hall–Kier alpha value is -2.20. The first-order valence-electron chi connectivity index (χ1n) is 8.98. The Bertz CT molecular complexity index is 581. The van der Waals surface area contributed by atoms with Crippen molar-refractivity contribution in [2.75, 3.05) is 59.5 Å². The van der Waals surface area contributed by atoms with E-state index >= 15 is 0 Å². The van der Waals surface area contributed by atoms with Crippen LogP contribution < -0.4 is 10.6 Å². The largest absolute Gasteiger partial charge is 0.383 e. The van der Waals surface area contributed by atoms with E-state index in [1.165, 1.54) is 6.33 Å². The molecule has 2 N–H and O–H groups in total. The number of hydrogen-bond donors (Lipinski definition) is 2. The Morgan fingerprint density at radius 2 is 2.08 bits per heavy atom. The van der Waals surface area contributed by atoms with Gasteiger partial charge in [0.2, 0.25) is 5.91 Å². The minimum atomic E-state index is 0.0401. The lowest BCUT2D eigenvalue weighted by molar-refractivity contribution is -0.122. The van der Waals surface area contributed by atoms with Crippen molar-refractivity contribution in [2.45, 2.75) is 13.5 Å². The number of hydrogen-bond acceptors (Lipinski definition) is 6. The summed E-state index contributed by atoms with van der Waals surface area (Å²) in [6, 6.07) is 0. The maximum absolute atomic E-state index is 11.9. The van der Waals surface area contributed by atoms with Crippen LogP contribution in [0.5, 0.6) is 0 Å². The van der Waals surface area contributed by atoms with E-state index in [1.54, 1.807) is 11.8 Å². The molecular weight excluding hydrogens is 336 g/mol. The summed E-state index contributed by atoms with van der Waals surface area (Å²) in [5.74, 6) is 1.74. The second-order valence-electron chi connectivity index (χ2n) is 6.08. The monoisotopic (exact) mass is 366 g/mol. The SMILES string of the molecule is CCNC(=NCc1ncnn1C)N1CCN(CC(=O)NCCOC)CC1. The standard InChI is InChI=1S/C16H30N8O2/c1-4-17-16(19-11-14-20-13-21-22(14)2)24-8-6-23(7-9-24)12-15(25)18-5-10-26-3/h13H,4-12H2,1-3H3,(H,17,19)(H,18,25). The molecule has 10 heteroatoms. The molecule has 146 valence electrons. The number of guanidine groups is 1. The number of methoxy groups -OCH3 is 1. The molecule has 0 radical (unpaired) electrons. The molecule has 0 atom stereocenters. The van der Waals surface area contributed by atoms with Gasteiger partial charge in [-0.05, 0) is 6.92 Å². The molecule has 2 heterocycles. The van der Waals surface area contributed by atoms with Gasteiger partial charge in [0, 0.05) is 53.4 Å². The van der Waals surface area contributed by atoms with Crippen LogP contribution in [-0.4, -0.2) is 96.0 Å². The number of ether oxygens (including phenoxy) is 1. The fourth-order valence-electron chi connectivity index (χ4n) is 2.70. The van der Waals surface area contributed by atoms with E-state index in [0.29, 0.717) is 26.2 Å². The third-order valence-corrected chi connectivity index (χ3v) is 4.18. The Kier molecular flexibility index (Phi) is 8.29. The summed E-state index contributed by atoms with van der Waals surface area (Å²) in [5, 5.41) is 10.3. The van der Waals surface area contributed by atoms with Crippen LogP contribution >= 0.6 is 0 Å². The first-order chi connectivity index (χ1) is 12.6. The van der Waals surface area contributed by atoms with Crippen LogP contribution in [0.1, 0.15) is 12.7 Å². The van der Waals surface area contributed by atoms with Gasteiger partial charge in [0.1, 0.15) is 18.7 Å². The van der Waals surface area contributed by atoms with Gasteiger partial charge < -0.3 is 20.3 Å². The van der Waals surface area contributed by atoms with Crippen molar-refractivity contribution in [2.24, 2.45) is 12.0 Å². The third-order valence-electron chi connectivity index (χ3n) is 4.18. The van der Waals surface area contributed by atoms with E-state index in [2.05, 4.69) is 42.4 Å². The first-order valence-corrected chi connectivity index (χ1v) is 8.98. The van der Waals surface area contributed by atoms with Crippen LogP contribution in [0.15, 0.2) is 11.3 Å². The number of nitrogens with zero attached hydrogens (tertiary/aromatic N) is 6. The minimum Gasteiger partial charge on any atom is -0.383 e. The lowest BCUT2D eigenvalue weighted by Gasteiger charge is -2.36. The van der Waals surface area contributed by atoms with Gasteiger partial charge in [-0.2, -0.15) is 5.10 Å². The predicted octanol–water partition coefficient (Wildman–Crippen LogP) is -1.34. The van der Waals surface area contributed by atoms with E-state index in [-0.39, 0.29) is 5.91 Å². The number of aromatic nitrogens is 3. The van der Waals surface area contributed by atoms with Gasteiger partial charge >= 0.3 is 0 Å². The van der Waals surface area contributed by atoms with Crippen LogP contribution in [0.25, 0.3) is 0 Å². The molecule has 0 bridgehead atoms. The summed E-state index contributed by atoms with van der Waals surface area (Å²) in [7, 11) is 3.49. The number of piperazine rings is 1. The van der Waals surface area contributed by atoms with Crippen LogP contribution in [0, 0.1) is 0 Å². The highest BCUT2D eigenvalue weighted by Crippen LogP contribution is 2.03. The molecule has 1 aromatic heterocycles. The first kappa shape index (κ1) is 20.1. The van der Waals surface area contributed by atoms with Crippen molar-refractivity contribution < 1.29 is 9.53 Å². The second kappa shape index (κ2) is 10.7. The van der Waals surface area contributed by atoms with E-state index < -0.39 is 0 Å².